The number of carbonyl (C=O) groups excluding carboxylic acids is 2. The molecule has 25 heavy (non-hydrogen) atoms. The molecule has 0 fully saturated rings. The topological polar surface area (TPSA) is 59.1 Å². The maximum Gasteiger partial charge on any atom is 0.310 e. The van der Waals surface area contributed by atoms with Crippen molar-refractivity contribution < 1.29 is 19.1 Å². The summed E-state index contributed by atoms with van der Waals surface area (Å²) in [5, 5.41) is 0. The lowest BCUT2D eigenvalue weighted by atomic mass is 10.1. The summed E-state index contributed by atoms with van der Waals surface area (Å²) in [4.78, 5) is 28.2. The highest BCUT2D eigenvalue weighted by atomic mass is 16.5. The van der Waals surface area contributed by atoms with Crippen LogP contribution in [0.4, 0.5) is 0 Å². The van der Waals surface area contributed by atoms with Crippen LogP contribution in [0.25, 0.3) is 0 Å². The molecule has 0 aliphatic heterocycles. The first-order valence-electron chi connectivity index (χ1n) is 8.77. The van der Waals surface area contributed by atoms with Crippen LogP contribution in [0, 0.1) is 5.92 Å². The Morgan fingerprint density at radius 2 is 1.72 bits per heavy atom. The number of amides is 1. The van der Waals surface area contributed by atoms with Crippen molar-refractivity contribution in [2.24, 2.45) is 5.92 Å². The number of ether oxygens (including phenoxy) is 2. The van der Waals surface area contributed by atoms with Crippen LogP contribution in [-0.4, -0.2) is 68.1 Å². The van der Waals surface area contributed by atoms with Gasteiger partial charge in [0.2, 0.25) is 0 Å². The maximum atomic E-state index is 12.6. The fourth-order valence-corrected chi connectivity index (χ4v) is 2.48. The molecular formula is C19H30N2O4. The van der Waals surface area contributed by atoms with Gasteiger partial charge < -0.3 is 19.3 Å². The molecule has 0 N–H and O–H groups in total. The molecule has 0 bridgehead atoms. The van der Waals surface area contributed by atoms with Gasteiger partial charge in [-0.05, 0) is 25.2 Å². The number of para-hydroxylation sites is 1. The molecule has 1 aromatic carbocycles. The van der Waals surface area contributed by atoms with Gasteiger partial charge in [-0.3, -0.25) is 9.59 Å². The van der Waals surface area contributed by atoms with Crippen LogP contribution in [0.1, 0.15) is 20.8 Å². The second-order valence-electron chi connectivity index (χ2n) is 5.89. The Bertz CT molecular complexity index is 517. The van der Waals surface area contributed by atoms with E-state index in [0.29, 0.717) is 18.8 Å². The van der Waals surface area contributed by atoms with E-state index < -0.39 is 0 Å². The zero-order valence-electron chi connectivity index (χ0n) is 15.7. The van der Waals surface area contributed by atoms with E-state index in [4.69, 9.17) is 9.47 Å². The summed E-state index contributed by atoms with van der Waals surface area (Å²) in [6.07, 6.45) is 0. The summed E-state index contributed by atoms with van der Waals surface area (Å²) >= 11 is 0. The number of likely N-dealkylation sites (N-methyl/N-ethyl adjacent to an activating group) is 1. The Labute approximate surface area is 150 Å². The van der Waals surface area contributed by atoms with E-state index in [1.54, 1.807) is 11.8 Å². The molecule has 1 unspecified atom stereocenters. The lowest BCUT2D eigenvalue weighted by molar-refractivity contribution is -0.146. The molecule has 0 saturated carbocycles. The Morgan fingerprint density at radius 3 is 2.28 bits per heavy atom. The molecule has 0 radical (unpaired) electrons. The number of carbonyl (C=O) groups is 2. The van der Waals surface area contributed by atoms with Gasteiger partial charge in [0, 0.05) is 19.6 Å². The van der Waals surface area contributed by atoms with Crippen LogP contribution in [0.15, 0.2) is 30.3 Å². The number of hydrogen-bond acceptors (Lipinski definition) is 5. The summed E-state index contributed by atoms with van der Waals surface area (Å²) in [7, 11) is 1.36. The van der Waals surface area contributed by atoms with Gasteiger partial charge in [0.05, 0.1) is 13.0 Å². The van der Waals surface area contributed by atoms with Crippen molar-refractivity contribution in [1.82, 2.24) is 9.80 Å². The van der Waals surface area contributed by atoms with Crippen molar-refractivity contribution in [3.63, 3.8) is 0 Å². The van der Waals surface area contributed by atoms with Crippen LogP contribution in [0.3, 0.4) is 0 Å². The third kappa shape index (κ3) is 7.56. The predicted octanol–water partition coefficient (Wildman–Crippen LogP) is 2.04. The Hall–Kier alpha value is -2.08. The van der Waals surface area contributed by atoms with Crippen LogP contribution in [0.2, 0.25) is 0 Å². The first kappa shape index (κ1) is 21.0. The predicted molar refractivity (Wildman–Crippen MR) is 97.5 cm³/mol. The van der Waals surface area contributed by atoms with Gasteiger partial charge in [0.15, 0.2) is 6.61 Å². The van der Waals surface area contributed by atoms with Crippen molar-refractivity contribution in [3.8, 4) is 5.75 Å². The number of methoxy groups -OCH3 is 1. The van der Waals surface area contributed by atoms with Gasteiger partial charge in [0.25, 0.3) is 5.91 Å². The summed E-state index contributed by atoms with van der Waals surface area (Å²) in [5.41, 5.74) is 0. The molecule has 0 spiro atoms. The average molecular weight is 350 g/mol. The highest BCUT2D eigenvalue weighted by molar-refractivity contribution is 5.79. The molecule has 1 amide bonds. The fraction of sp³-hybridized carbons (Fsp3) is 0.579. The lowest BCUT2D eigenvalue weighted by Gasteiger charge is -2.28. The van der Waals surface area contributed by atoms with Gasteiger partial charge in [-0.15, -0.1) is 0 Å². The molecule has 0 saturated heterocycles. The molecule has 0 aliphatic carbocycles. The average Bonchev–Trinajstić information content (AvgIpc) is 2.65. The van der Waals surface area contributed by atoms with Gasteiger partial charge in [-0.1, -0.05) is 39.0 Å². The van der Waals surface area contributed by atoms with Crippen molar-refractivity contribution >= 4 is 11.9 Å². The van der Waals surface area contributed by atoms with Crippen molar-refractivity contribution in [1.29, 1.82) is 0 Å². The molecule has 1 aromatic rings. The quantitative estimate of drug-likeness (QED) is 0.572. The van der Waals surface area contributed by atoms with E-state index in [1.165, 1.54) is 7.11 Å². The third-order valence-corrected chi connectivity index (χ3v) is 4.14. The van der Waals surface area contributed by atoms with Gasteiger partial charge in [-0.25, -0.2) is 0 Å². The molecule has 0 aromatic heterocycles. The minimum absolute atomic E-state index is 0.0455. The zero-order valence-corrected chi connectivity index (χ0v) is 15.7. The van der Waals surface area contributed by atoms with E-state index in [-0.39, 0.29) is 24.4 Å². The van der Waals surface area contributed by atoms with E-state index in [0.717, 1.165) is 19.6 Å². The van der Waals surface area contributed by atoms with Crippen LogP contribution in [-0.2, 0) is 14.3 Å². The molecule has 1 rings (SSSR count). The third-order valence-electron chi connectivity index (χ3n) is 4.14. The highest BCUT2D eigenvalue weighted by Crippen LogP contribution is 2.09. The maximum absolute atomic E-state index is 12.6. The lowest BCUT2D eigenvalue weighted by Crippen LogP contribution is -2.44. The first-order chi connectivity index (χ1) is 12.0. The highest BCUT2D eigenvalue weighted by Gasteiger charge is 2.22. The minimum Gasteiger partial charge on any atom is -0.484 e. The Balaban J connectivity index is 2.66. The van der Waals surface area contributed by atoms with Crippen LogP contribution < -0.4 is 4.74 Å². The van der Waals surface area contributed by atoms with Crippen LogP contribution >= 0.6 is 0 Å². The second-order valence-corrected chi connectivity index (χ2v) is 5.89. The molecule has 0 heterocycles. The molecule has 1 atom stereocenters. The standard InChI is InChI=1S/C19H30N2O4/c1-5-20(6-2)12-13-21(14-16(3)19(23)24-4)18(22)15-25-17-10-8-7-9-11-17/h7-11,16H,5-6,12-15H2,1-4H3. The summed E-state index contributed by atoms with van der Waals surface area (Å²) < 4.78 is 10.3. The zero-order chi connectivity index (χ0) is 18.7. The van der Waals surface area contributed by atoms with E-state index >= 15 is 0 Å². The van der Waals surface area contributed by atoms with Gasteiger partial charge in [0.1, 0.15) is 5.75 Å². The molecule has 140 valence electrons. The monoisotopic (exact) mass is 350 g/mol. The van der Waals surface area contributed by atoms with E-state index in [1.807, 2.05) is 30.3 Å². The minimum atomic E-state index is -0.373. The largest absolute Gasteiger partial charge is 0.484 e. The molecular weight excluding hydrogens is 320 g/mol. The fourth-order valence-electron chi connectivity index (χ4n) is 2.48. The number of hydrogen-bond donors (Lipinski definition) is 0. The van der Waals surface area contributed by atoms with Crippen molar-refractivity contribution in [3.05, 3.63) is 30.3 Å². The first-order valence-corrected chi connectivity index (χ1v) is 8.77. The van der Waals surface area contributed by atoms with Crippen molar-refractivity contribution in [2.45, 2.75) is 20.8 Å². The normalized spacial score (nSPS) is 11.9. The number of benzene rings is 1. The Kier molecular flexibility index (Phi) is 9.62. The Morgan fingerprint density at radius 1 is 1.08 bits per heavy atom. The van der Waals surface area contributed by atoms with Crippen molar-refractivity contribution in [2.75, 3.05) is 46.4 Å². The van der Waals surface area contributed by atoms with E-state index in [2.05, 4.69) is 18.7 Å². The molecule has 6 heteroatoms. The SMILES string of the molecule is CCN(CC)CCN(CC(C)C(=O)OC)C(=O)COc1ccccc1. The summed E-state index contributed by atoms with van der Waals surface area (Å²) in [6.45, 7) is 9.38. The smallest absolute Gasteiger partial charge is 0.310 e. The summed E-state index contributed by atoms with van der Waals surface area (Å²) in [6, 6.07) is 9.23. The van der Waals surface area contributed by atoms with E-state index in [9.17, 15) is 9.59 Å². The summed E-state index contributed by atoms with van der Waals surface area (Å²) in [5.74, 6) is -0.167. The van der Waals surface area contributed by atoms with Crippen LogP contribution in [0.5, 0.6) is 5.75 Å². The molecule has 6 nitrogen and oxygen atoms in total. The number of nitrogens with zero attached hydrogens (tertiary/aromatic N) is 2. The second kappa shape index (κ2) is 11.5. The number of esters is 1. The number of rotatable bonds is 11. The van der Waals surface area contributed by atoms with Gasteiger partial charge in [-0.2, -0.15) is 0 Å². The molecule has 0 aliphatic rings. The van der Waals surface area contributed by atoms with Gasteiger partial charge >= 0.3 is 5.97 Å².